The number of fused-ring (bicyclic) bond motifs is 1. The molecular weight excluding hydrogens is 440 g/mol. The molecule has 0 radical (unpaired) electrons. The van der Waals surface area contributed by atoms with Crippen LogP contribution in [0.1, 0.15) is 29.5 Å². The Morgan fingerprint density at radius 2 is 1.62 bits per heavy atom. The maximum absolute atomic E-state index is 13.3. The second kappa shape index (κ2) is 8.65. The van der Waals surface area contributed by atoms with Crippen molar-refractivity contribution in [2.45, 2.75) is 43.6 Å². The molecule has 1 N–H and O–H groups in total. The number of rotatable bonds is 4. The van der Waals surface area contributed by atoms with E-state index in [4.69, 9.17) is 4.74 Å². The normalized spacial score (nSPS) is 15.2. The number of carbonyl (C=O) groups excluding carboxylic acids is 1. The highest BCUT2D eigenvalue weighted by Gasteiger charge is 2.71. The molecule has 4 nitrogen and oxygen atoms in total. The predicted molar refractivity (Wildman–Crippen MR) is 104 cm³/mol. The Kier molecular flexibility index (Phi) is 6.46. The first-order valence-electron chi connectivity index (χ1n) is 9.81. The third kappa shape index (κ3) is 4.41. The van der Waals surface area contributed by atoms with Crippen molar-refractivity contribution in [3.05, 3.63) is 59.2 Å². The Morgan fingerprint density at radius 1 is 1.00 bits per heavy atom. The molecule has 1 amide bonds. The number of methoxy groups -OCH3 is 1. The van der Waals surface area contributed by atoms with E-state index in [1.807, 2.05) is 0 Å². The first-order valence-corrected chi connectivity index (χ1v) is 9.81. The topological polar surface area (TPSA) is 49.8 Å². The minimum Gasteiger partial charge on any atom is -0.497 e. The molecular formula is C22H21F6NO3. The number of ether oxygens (including phenoxy) is 1. The fourth-order valence-electron chi connectivity index (χ4n) is 3.74. The smallest absolute Gasteiger partial charge is 0.430 e. The average molecular weight is 461 g/mol. The zero-order chi connectivity index (χ0) is 23.7. The monoisotopic (exact) mass is 461 g/mol. The van der Waals surface area contributed by atoms with Crippen LogP contribution in [-0.4, -0.2) is 37.0 Å². The third-order valence-corrected chi connectivity index (χ3v) is 5.50. The summed E-state index contributed by atoms with van der Waals surface area (Å²) in [5, 5.41) is 9.70. The van der Waals surface area contributed by atoms with Gasteiger partial charge in [-0.25, -0.2) is 0 Å². The van der Waals surface area contributed by atoms with Gasteiger partial charge in [0.05, 0.1) is 13.5 Å². The van der Waals surface area contributed by atoms with Crippen LogP contribution < -0.4 is 9.64 Å². The van der Waals surface area contributed by atoms with Crippen LogP contribution in [0.3, 0.4) is 0 Å². The average Bonchev–Trinajstić information content (AvgIpc) is 2.94. The highest BCUT2D eigenvalue weighted by Crippen LogP contribution is 2.50. The van der Waals surface area contributed by atoms with Crippen molar-refractivity contribution in [2.24, 2.45) is 0 Å². The van der Waals surface area contributed by atoms with Crippen LogP contribution in [-0.2, 0) is 23.2 Å². The summed E-state index contributed by atoms with van der Waals surface area (Å²) in [4.78, 5) is 14.3. The van der Waals surface area contributed by atoms with Gasteiger partial charge in [0.15, 0.2) is 0 Å². The Labute approximate surface area is 180 Å². The number of hydrogen-bond donors (Lipinski definition) is 1. The number of carbonyl (C=O) groups is 1. The van der Waals surface area contributed by atoms with Gasteiger partial charge in [0.25, 0.3) is 5.60 Å². The summed E-state index contributed by atoms with van der Waals surface area (Å²) in [6, 6.07) is 9.09. The van der Waals surface area contributed by atoms with E-state index in [9.17, 15) is 36.2 Å². The van der Waals surface area contributed by atoms with Gasteiger partial charge in [-0.1, -0.05) is 24.3 Å². The molecule has 3 rings (SSSR count). The zero-order valence-corrected chi connectivity index (χ0v) is 17.1. The largest absolute Gasteiger partial charge is 0.497 e. The quantitative estimate of drug-likeness (QED) is 0.658. The molecule has 10 heteroatoms. The third-order valence-electron chi connectivity index (χ3n) is 5.50. The molecule has 174 valence electrons. The molecule has 0 aromatic heterocycles. The van der Waals surface area contributed by atoms with Crippen LogP contribution in [0.25, 0.3) is 0 Å². The highest BCUT2D eigenvalue weighted by molar-refractivity contribution is 5.95. The van der Waals surface area contributed by atoms with Gasteiger partial charge in [0, 0.05) is 17.8 Å². The summed E-state index contributed by atoms with van der Waals surface area (Å²) < 4.78 is 84.6. The standard InChI is InChI=1S/C22H21F6NO3/c1-32-17-8-5-14(6-9-17)12-19(30)29-11-3-2-4-15-13-16(7-10-18(15)29)20(31,21(23,24)25)22(26,27)28/h5-10,13,31H,2-4,11-12H2,1H3. The van der Waals surface area contributed by atoms with Gasteiger partial charge < -0.3 is 14.7 Å². The fourth-order valence-corrected chi connectivity index (χ4v) is 3.74. The van der Waals surface area contributed by atoms with Gasteiger partial charge >= 0.3 is 12.4 Å². The number of anilines is 1. The van der Waals surface area contributed by atoms with Crippen molar-refractivity contribution < 1.29 is 41.0 Å². The molecule has 32 heavy (non-hydrogen) atoms. The predicted octanol–water partition coefficient (Wildman–Crippen LogP) is 4.92. The molecule has 2 aromatic carbocycles. The summed E-state index contributed by atoms with van der Waals surface area (Å²) in [6.07, 6.45) is -10.7. The maximum atomic E-state index is 13.3. The molecule has 0 fully saturated rings. The van der Waals surface area contributed by atoms with Gasteiger partial charge in [-0.05, 0) is 48.6 Å². The number of aryl methyl sites for hydroxylation is 1. The van der Waals surface area contributed by atoms with Gasteiger partial charge in [-0.2, -0.15) is 26.3 Å². The van der Waals surface area contributed by atoms with E-state index >= 15 is 0 Å². The van der Waals surface area contributed by atoms with Gasteiger partial charge in [0.1, 0.15) is 5.75 Å². The molecule has 0 saturated carbocycles. The molecule has 1 heterocycles. The Hall–Kier alpha value is -2.75. The minimum atomic E-state index is -5.96. The molecule has 2 aromatic rings. The highest BCUT2D eigenvalue weighted by atomic mass is 19.4. The second-order valence-corrected chi connectivity index (χ2v) is 7.58. The van der Waals surface area contributed by atoms with Gasteiger partial charge in [0.2, 0.25) is 5.91 Å². The summed E-state index contributed by atoms with van der Waals surface area (Å²) in [6.45, 7) is 0.282. The zero-order valence-electron chi connectivity index (χ0n) is 17.1. The van der Waals surface area contributed by atoms with Crippen LogP contribution in [0, 0.1) is 0 Å². The first kappa shape index (κ1) is 23.9. The molecule has 0 unspecified atom stereocenters. The minimum absolute atomic E-state index is 0.000224. The lowest BCUT2D eigenvalue weighted by atomic mass is 9.89. The van der Waals surface area contributed by atoms with Crippen molar-refractivity contribution in [3.63, 3.8) is 0 Å². The van der Waals surface area contributed by atoms with Gasteiger partial charge in [-0.15, -0.1) is 0 Å². The van der Waals surface area contributed by atoms with E-state index in [0.29, 0.717) is 36.3 Å². The number of alkyl halides is 6. The van der Waals surface area contributed by atoms with E-state index < -0.39 is 23.5 Å². The van der Waals surface area contributed by atoms with Crippen molar-refractivity contribution in [1.82, 2.24) is 0 Å². The van der Waals surface area contributed by atoms with Crippen molar-refractivity contribution in [3.8, 4) is 5.75 Å². The lowest BCUT2D eigenvalue weighted by molar-refractivity contribution is -0.376. The first-order chi connectivity index (χ1) is 14.9. The SMILES string of the molecule is COc1ccc(CC(=O)N2CCCCc3cc(C(O)(C(F)(F)F)C(F)(F)F)ccc32)cc1. The molecule has 1 aliphatic rings. The van der Waals surface area contributed by atoms with E-state index in [2.05, 4.69) is 0 Å². The van der Waals surface area contributed by atoms with Crippen molar-refractivity contribution >= 4 is 11.6 Å². The molecule has 0 atom stereocenters. The number of hydrogen-bond acceptors (Lipinski definition) is 3. The van der Waals surface area contributed by atoms with E-state index in [1.165, 1.54) is 12.0 Å². The Bertz CT molecular complexity index is 955. The number of nitrogens with zero attached hydrogens (tertiary/aromatic N) is 1. The molecule has 0 spiro atoms. The Morgan fingerprint density at radius 3 is 2.19 bits per heavy atom. The van der Waals surface area contributed by atoms with Crippen molar-refractivity contribution in [1.29, 1.82) is 0 Å². The lowest BCUT2D eigenvalue weighted by Gasteiger charge is -2.33. The number of benzene rings is 2. The molecule has 0 saturated heterocycles. The van der Waals surface area contributed by atoms with Crippen LogP contribution in [0.2, 0.25) is 0 Å². The summed E-state index contributed by atoms with van der Waals surface area (Å²) in [5.41, 5.74) is -5.24. The second-order valence-electron chi connectivity index (χ2n) is 7.58. The summed E-state index contributed by atoms with van der Waals surface area (Å²) in [7, 11) is 1.50. The van der Waals surface area contributed by atoms with Gasteiger partial charge in [-0.3, -0.25) is 4.79 Å². The molecule has 0 bridgehead atoms. The number of aliphatic hydroxyl groups is 1. The Balaban J connectivity index is 1.95. The van der Waals surface area contributed by atoms with E-state index in [1.54, 1.807) is 24.3 Å². The lowest BCUT2D eigenvalue weighted by Crippen LogP contribution is -2.54. The van der Waals surface area contributed by atoms with E-state index in [0.717, 1.165) is 6.07 Å². The van der Waals surface area contributed by atoms with Crippen LogP contribution >= 0.6 is 0 Å². The van der Waals surface area contributed by atoms with Crippen LogP contribution in [0.5, 0.6) is 5.75 Å². The number of halogens is 6. The fraction of sp³-hybridized carbons (Fsp3) is 0.409. The molecule has 1 aliphatic heterocycles. The van der Waals surface area contributed by atoms with Crippen molar-refractivity contribution in [2.75, 3.05) is 18.6 Å². The molecule has 0 aliphatic carbocycles. The summed E-state index contributed by atoms with van der Waals surface area (Å²) in [5.74, 6) is 0.267. The summed E-state index contributed by atoms with van der Waals surface area (Å²) >= 11 is 0. The number of amides is 1. The van der Waals surface area contributed by atoms with Crippen LogP contribution in [0.4, 0.5) is 32.0 Å². The maximum Gasteiger partial charge on any atom is 0.430 e. The van der Waals surface area contributed by atoms with E-state index in [-0.39, 0.29) is 36.5 Å². The van der Waals surface area contributed by atoms with Crippen LogP contribution in [0.15, 0.2) is 42.5 Å².